The minimum atomic E-state index is 0.584. The predicted octanol–water partition coefficient (Wildman–Crippen LogP) is 2.81. The highest BCUT2D eigenvalue weighted by Gasteiger charge is 2.23. The molecule has 3 rings (SSSR count). The minimum absolute atomic E-state index is 0.584. The van der Waals surface area contributed by atoms with E-state index in [-0.39, 0.29) is 0 Å². The van der Waals surface area contributed by atoms with Crippen LogP contribution in [0.25, 0.3) is 0 Å². The Hall–Kier alpha value is -1.09. The second kappa shape index (κ2) is 4.65. The summed E-state index contributed by atoms with van der Waals surface area (Å²) in [5.74, 6) is 1.04. The fourth-order valence-electron chi connectivity index (χ4n) is 2.78. The van der Waals surface area contributed by atoms with Crippen molar-refractivity contribution in [3.8, 4) is 0 Å². The molecule has 1 aromatic rings. The van der Waals surface area contributed by atoms with Gasteiger partial charge in [-0.05, 0) is 57.3 Å². The zero-order valence-electron chi connectivity index (χ0n) is 10.5. The first kappa shape index (κ1) is 11.0. The van der Waals surface area contributed by atoms with Crippen molar-refractivity contribution in [2.75, 3.05) is 18.9 Å². The van der Waals surface area contributed by atoms with E-state index < -0.39 is 0 Å². The van der Waals surface area contributed by atoms with Crippen LogP contribution in [0.1, 0.15) is 43.7 Å². The summed E-state index contributed by atoms with van der Waals surface area (Å²) in [4.78, 5) is 6.97. The molecule has 0 radical (unpaired) electrons. The van der Waals surface area contributed by atoms with Crippen LogP contribution in [0.15, 0.2) is 18.3 Å². The van der Waals surface area contributed by atoms with Crippen LogP contribution in [0, 0.1) is 0 Å². The van der Waals surface area contributed by atoms with Gasteiger partial charge in [-0.2, -0.15) is 0 Å². The molecule has 1 atom stereocenters. The van der Waals surface area contributed by atoms with Gasteiger partial charge in [-0.3, -0.25) is 4.90 Å². The molecule has 1 aliphatic heterocycles. The smallest absolute Gasteiger partial charge is 0.126 e. The zero-order valence-corrected chi connectivity index (χ0v) is 10.5. The van der Waals surface area contributed by atoms with Gasteiger partial charge in [0.05, 0.1) is 0 Å². The first-order chi connectivity index (χ1) is 8.33. The van der Waals surface area contributed by atoms with E-state index in [1.807, 2.05) is 6.20 Å². The quantitative estimate of drug-likeness (QED) is 0.867. The number of rotatable bonds is 3. The molecule has 1 saturated heterocycles. The molecular weight excluding hydrogens is 210 g/mol. The Bertz CT molecular complexity index is 370. The van der Waals surface area contributed by atoms with E-state index in [0.717, 1.165) is 5.82 Å². The lowest BCUT2D eigenvalue weighted by Crippen LogP contribution is -2.27. The first-order valence-electron chi connectivity index (χ1n) is 6.75. The third kappa shape index (κ3) is 2.29. The summed E-state index contributed by atoms with van der Waals surface area (Å²) in [6.45, 7) is 1.22. The van der Waals surface area contributed by atoms with E-state index in [1.165, 1.54) is 44.2 Å². The van der Waals surface area contributed by atoms with Crippen molar-refractivity contribution in [3.05, 3.63) is 23.9 Å². The van der Waals surface area contributed by atoms with Gasteiger partial charge < -0.3 is 5.32 Å². The maximum absolute atomic E-state index is 4.54. The van der Waals surface area contributed by atoms with Crippen LogP contribution < -0.4 is 5.32 Å². The van der Waals surface area contributed by atoms with Crippen LogP contribution in [0.3, 0.4) is 0 Å². The highest BCUT2D eigenvalue weighted by molar-refractivity contribution is 5.38. The molecule has 3 heteroatoms. The molecule has 2 heterocycles. The van der Waals surface area contributed by atoms with E-state index in [2.05, 4.69) is 34.4 Å². The highest BCUT2D eigenvalue weighted by Crippen LogP contribution is 2.30. The summed E-state index contributed by atoms with van der Waals surface area (Å²) in [5, 5.41) is 3.48. The third-order valence-corrected chi connectivity index (χ3v) is 4.15. The van der Waals surface area contributed by atoms with Gasteiger partial charge in [0.1, 0.15) is 5.82 Å². The topological polar surface area (TPSA) is 28.2 Å². The molecular formula is C14H21N3. The van der Waals surface area contributed by atoms with Crippen LogP contribution >= 0.6 is 0 Å². The molecule has 0 spiro atoms. The Balaban J connectivity index is 1.66. The fourth-order valence-corrected chi connectivity index (χ4v) is 2.78. The second-order valence-corrected chi connectivity index (χ2v) is 5.39. The van der Waals surface area contributed by atoms with Crippen molar-refractivity contribution in [1.29, 1.82) is 0 Å². The standard InChI is InChI=1S/C14H21N3/c1-17-9-3-6-13(17)11-7-8-14(15-10-11)16-12-4-2-5-12/h7-8,10,12-13H,2-6,9H2,1H3,(H,15,16). The summed E-state index contributed by atoms with van der Waals surface area (Å²) in [5.41, 5.74) is 1.36. The lowest BCUT2D eigenvalue weighted by molar-refractivity contribution is 0.317. The van der Waals surface area contributed by atoms with Crippen molar-refractivity contribution in [3.63, 3.8) is 0 Å². The van der Waals surface area contributed by atoms with Crippen molar-refractivity contribution < 1.29 is 0 Å². The molecule has 0 bridgehead atoms. The highest BCUT2D eigenvalue weighted by atomic mass is 15.1. The van der Waals surface area contributed by atoms with Crippen LogP contribution in [0.2, 0.25) is 0 Å². The molecule has 17 heavy (non-hydrogen) atoms. The van der Waals surface area contributed by atoms with Crippen molar-refractivity contribution >= 4 is 5.82 Å². The number of pyridine rings is 1. The lowest BCUT2D eigenvalue weighted by Gasteiger charge is -2.27. The van der Waals surface area contributed by atoms with Gasteiger partial charge >= 0.3 is 0 Å². The summed E-state index contributed by atoms with van der Waals surface area (Å²) in [6.07, 6.45) is 8.59. The van der Waals surface area contributed by atoms with E-state index in [0.29, 0.717) is 12.1 Å². The average molecular weight is 231 g/mol. The molecule has 0 aromatic carbocycles. The summed E-state index contributed by atoms with van der Waals surface area (Å²) < 4.78 is 0. The number of aromatic nitrogens is 1. The Morgan fingerprint density at radius 1 is 1.24 bits per heavy atom. The number of nitrogens with zero attached hydrogens (tertiary/aromatic N) is 2. The van der Waals surface area contributed by atoms with Crippen LogP contribution in [-0.4, -0.2) is 29.5 Å². The van der Waals surface area contributed by atoms with Crippen LogP contribution in [0.4, 0.5) is 5.82 Å². The largest absolute Gasteiger partial charge is 0.367 e. The number of nitrogens with one attached hydrogen (secondary N) is 1. The Labute approximate surface area is 103 Å². The number of hydrogen-bond acceptors (Lipinski definition) is 3. The van der Waals surface area contributed by atoms with Gasteiger partial charge in [-0.25, -0.2) is 4.98 Å². The molecule has 1 N–H and O–H groups in total. The summed E-state index contributed by atoms with van der Waals surface area (Å²) in [7, 11) is 2.21. The van der Waals surface area contributed by atoms with Gasteiger partial charge in [0.2, 0.25) is 0 Å². The summed E-state index contributed by atoms with van der Waals surface area (Å²) >= 11 is 0. The maximum Gasteiger partial charge on any atom is 0.126 e. The molecule has 1 unspecified atom stereocenters. The summed E-state index contributed by atoms with van der Waals surface area (Å²) in [6, 6.07) is 5.63. The van der Waals surface area contributed by atoms with Crippen molar-refractivity contribution in [2.45, 2.75) is 44.2 Å². The Kier molecular flexibility index (Phi) is 3.02. The van der Waals surface area contributed by atoms with E-state index in [4.69, 9.17) is 0 Å². The molecule has 1 aromatic heterocycles. The molecule has 2 aliphatic rings. The monoisotopic (exact) mass is 231 g/mol. The minimum Gasteiger partial charge on any atom is -0.367 e. The Morgan fingerprint density at radius 3 is 2.65 bits per heavy atom. The van der Waals surface area contributed by atoms with E-state index >= 15 is 0 Å². The van der Waals surface area contributed by atoms with Gasteiger partial charge in [0.25, 0.3) is 0 Å². The third-order valence-electron chi connectivity index (χ3n) is 4.15. The van der Waals surface area contributed by atoms with E-state index in [9.17, 15) is 0 Å². The average Bonchev–Trinajstić information content (AvgIpc) is 2.71. The van der Waals surface area contributed by atoms with Gasteiger partial charge in [-0.1, -0.05) is 6.07 Å². The first-order valence-corrected chi connectivity index (χ1v) is 6.75. The molecule has 1 saturated carbocycles. The van der Waals surface area contributed by atoms with Gasteiger partial charge in [0.15, 0.2) is 0 Å². The van der Waals surface area contributed by atoms with Gasteiger partial charge in [-0.15, -0.1) is 0 Å². The lowest BCUT2D eigenvalue weighted by atomic mass is 9.93. The second-order valence-electron chi connectivity index (χ2n) is 5.39. The van der Waals surface area contributed by atoms with Crippen molar-refractivity contribution in [2.24, 2.45) is 0 Å². The SMILES string of the molecule is CN1CCCC1c1ccc(NC2CCC2)nc1. The molecule has 1 aliphatic carbocycles. The Morgan fingerprint density at radius 2 is 2.12 bits per heavy atom. The normalized spacial score (nSPS) is 25.8. The maximum atomic E-state index is 4.54. The molecule has 0 amide bonds. The number of anilines is 1. The number of hydrogen-bond donors (Lipinski definition) is 1. The van der Waals surface area contributed by atoms with Crippen LogP contribution in [0.5, 0.6) is 0 Å². The van der Waals surface area contributed by atoms with E-state index in [1.54, 1.807) is 0 Å². The number of likely N-dealkylation sites (tertiary alicyclic amines) is 1. The zero-order chi connectivity index (χ0) is 11.7. The molecule has 2 fully saturated rings. The van der Waals surface area contributed by atoms with Crippen molar-refractivity contribution in [1.82, 2.24) is 9.88 Å². The predicted molar refractivity (Wildman–Crippen MR) is 70.1 cm³/mol. The van der Waals surface area contributed by atoms with Crippen LogP contribution in [-0.2, 0) is 0 Å². The fraction of sp³-hybridized carbons (Fsp3) is 0.643. The van der Waals surface area contributed by atoms with Gasteiger partial charge in [0, 0.05) is 18.3 Å². The molecule has 3 nitrogen and oxygen atoms in total. The molecule has 92 valence electrons.